The first-order valence-corrected chi connectivity index (χ1v) is 10.2. The molecule has 0 radical (unpaired) electrons. The van der Waals surface area contributed by atoms with Crippen LogP contribution in [0.1, 0.15) is 30.4 Å². The second-order valence-electron chi connectivity index (χ2n) is 7.94. The smallest absolute Gasteiger partial charge is 0.405 e. The summed E-state index contributed by atoms with van der Waals surface area (Å²) in [6.07, 6.45) is 1.61. The molecule has 1 saturated carbocycles. The van der Waals surface area contributed by atoms with E-state index < -0.39 is 11.6 Å². The van der Waals surface area contributed by atoms with E-state index in [-0.39, 0.29) is 0 Å². The predicted molar refractivity (Wildman–Crippen MR) is 118 cm³/mol. The highest BCUT2D eigenvalue weighted by atomic mass is 16.4. The maximum absolute atomic E-state index is 11.3. The number of rotatable bonds is 4. The van der Waals surface area contributed by atoms with Crippen molar-refractivity contribution in [3.05, 3.63) is 83.9 Å². The Hall–Kier alpha value is -4.04. The van der Waals surface area contributed by atoms with Crippen LogP contribution < -0.4 is 5.32 Å². The Labute approximate surface area is 179 Å². The van der Waals surface area contributed by atoms with Gasteiger partial charge < -0.3 is 14.8 Å². The van der Waals surface area contributed by atoms with Gasteiger partial charge in [0.05, 0.1) is 17.2 Å². The zero-order valence-electron chi connectivity index (χ0n) is 16.8. The van der Waals surface area contributed by atoms with Crippen molar-refractivity contribution in [2.24, 2.45) is 0 Å². The number of nitriles is 1. The Balaban J connectivity index is 1.63. The summed E-state index contributed by atoms with van der Waals surface area (Å²) in [7, 11) is 0. The van der Waals surface area contributed by atoms with Gasteiger partial charge in [-0.15, -0.1) is 0 Å². The lowest BCUT2D eigenvalue weighted by Gasteiger charge is -2.42. The third-order valence-corrected chi connectivity index (χ3v) is 6.13. The topological polar surface area (TPSA) is 86.3 Å². The number of hydrogen-bond acceptors (Lipinski definition) is 3. The van der Waals surface area contributed by atoms with Crippen molar-refractivity contribution in [3.8, 4) is 28.5 Å². The molecule has 5 nitrogen and oxygen atoms in total. The number of furan rings is 1. The summed E-state index contributed by atoms with van der Waals surface area (Å²) >= 11 is 0. The average molecular weight is 408 g/mol. The molecule has 1 fully saturated rings. The number of fused-ring (bicyclic) bond motifs is 1. The van der Waals surface area contributed by atoms with Crippen molar-refractivity contribution in [3.63, 3.8) is 0 Å². The maximum atomic E-state index is 11.3. The Morgan fingerprint density at radius 3 is 2.35 bits per heavy atom. The van der Waals surface area contributed by atoms with Crippen LogP contribution in [0, 0.1) is 11.3 Å². The van der Waals surface area contributed by atoms with E-state index in [0.717, 1.165) is 52.7 Å². The summed E-state index contributed by atoms with van der Waals surface area (Å²) in [6, 6.07) is 25.6. The van der Waals surface area contributed by atoms with Crippen molar-refractivity contribution >= 4 is 17.1 Å². The number of hydrogen-bond donors (Lipinski definition) is 2. The maximum Gasteiger partial charge on any atom is 0.405 e. The molecule has 3 aromatic carbocycles. The summed E-state index contributed by atoms with van der Waals surface area (Å²) in [5, 5.41) is 22.2. The molecule has 2 N–H and O–H groups in total. The first-order chi connectivity index (χ1) is 15.1. The molecule has 1 amide bonds. The second-order valence-corrected chi connectivity index (χ2v) is 7.94. The van der Waals surface area contributed by atoms with Gasteiger partial charge in [0.2, 0.25) is 0 Å². The molecule has 152 valence electrons. The monoisotopic (exact) mass is 408 g/mol. The number of amides is 1. The van der Waals surface area contributed by atoms with Gasteiger partial charge in [0, 0.05) is 16.5 Å². The molecule has 0 aliphatic heterocycles. The average Bonchev–Trinajstić information content (AvgIpc) is 3.15. The lowest BCUT2D eigenvalue weighted by Crippen LogP contribution is -2.50. The normalized spacial score (nSPS) is 14.5. The molecule has 1 aromatic heterocycles. The van der Waals surface area contributed by atoms with E-state index in [4.69, 9.17) is 4.42 Å². The van der Waals surface area contributed by atoms with Gasteiger partial charge in [0.1, 0.15) is 11.3 Å². The van der Waals surface area contributed by atoms with Gasteiger partial charge in [0.25, 0.3) is 0 Å². The molecule has 1 aliphatic carbocycles. The van der Waals surface area contributed by atoms with E-state index in [1.54, 1.807) is 12.1 Å². The lowest BCUT2D eigenvalue weighted by molar-refractivity contribution is 0.144. The summed E-state index contributed by atoms with van der Waals surface area (Å²) in [6.45, 7) is 0. The van der Waals surface area contributed by atoms with Gasteiger partial charge in [0.15, 0.2) is 0 Å². The molecule has 0 bridgehead atoms. The van der Waals surface area contributed by atoms with Gasteiger partial charge in [-0.3, -0.25) is 0 Å². The van der Waals surface area contributed by atoms with E-state index in [1.807, 2.05) is 60.7 Å². The lowest BCUT2D eigenvalue weighted by atomic mass is 9.72. The van der Waals surface area contributed by atoms with Crippen LogP contribution in [0.5, 0.6) is 0 Å². The summed E-state index contributed by atoms with van der Waals surface area (Å²) in [5.41, 5.74) is 4.61. The Morgan fingerprint density at radius 2 is 1.74 bits per heavy atom. The van der Waals surface area contributed by atoms with Crippen molar-refractivity contribution in [2.45, 2.75) is 24.8 Å². The van der Waals surface area contributed by atoms with E-state index in [2.05, 4.69) is 11.4 Å². The highest BCUT2D eigenvalue weighted by Gasteiger charge is 2.40. The molecule has 1 aliphatic rings. The third kappa shape index (κ3) is 3.23. The van der Waals surface area contributed by atoms with Crippen LogP contribution in [-0.4, -0.2) is 11.2 Å². The number of carboxylic acid groups (broad SMARTS) is 1. The molecule has 4 aromatic rings. The van der Waals surface area contributed by atoms with Crippen LogP contribution >= 0.6 is 0 Å². The Bertz CT molecular complexity index is 1310. The van der Waals surface area contributed by atoms with Crippen molar-refractivity contribution in [1.82, 2.24) is 5.32 Å². The van der Waals surface area contributed by atoms with E-state index >= 15 is 0 Å². The van der Waals surface area contributed by atoms with Crippen LogP contribution in [0.15, 0.2) is 77.2 Å². The van der Waals surface area contributed by atoms with Gasteiger partial charge >= 0.3 is 6.09 Å². The van der Waals surface area contributed by atoms with Crippen LogP contribution in [0.2, 0.25) is 0 Å². The van der Waals surface area contributed by atoms with E-state index in [1.165, 1.54) is 0 Å². The summed E-state index contributed by atoms with van der Waals surface area (Å²) in [4.78, 5) is 11.3. The van der Waals surface area contributed by atoms with Crippen molar-refractivity contribution in [2.75, 3.05) is 0 Å². The largest absolute Gasteiger partial charge is 0.465 e. The molecule has 0 atom stereocenters. The molecule has 1 heterocycles. The van der Waals surface area contributed by atoms with Gasteiger partial charge in [-0.05, 0) is 48.6 Å². The van der Waals surface area contributed by atoms with Crippen LogP contribution in [0.3, 0.4) is 0 Å². The zero-order chi connectivity index (χ0) is 21.4. The van der Waals surface area contributed by atoms with Crippen LogP contribution in [-0.2, 0) is 5.54 Å². The minimum Gasteiger partial charge on any atom is -0.465 e. The molecule has 31 heavy (non-hydrogen) atoms. The summed E-state index contributed by atoms with van der Waals surface area (Å²) in [5.74, 6) is 0.733. The number of nitrogens with one attached hydrogen (secondary N) is 1. The number of nitrogens with zero attached hydrogens (tertiary/aromatic N) is 1. The molecule has 5 heteroatoms. The van der Waals surface area contributed by atoms with Crippen LogP contribution in [0.25, 0.3) is 33.4 Å². The first-order valence-electron chi connectivity index (χ1n) is 10.2. The predicted octanol–water partition coefficient (Wildman–Crippen LogP) is 6.29. The molecule has 5 rings (SSSR count). The highest BCUT2D eigenvalue weighted by molar-refractivity contribution is 6.02. The SMILES string of the molecule is N#Cc1ccc2c(-c3ccccc3)c(-c3ccc(C4(NC(=O)O)CCC4)cc3)oc2c1. The first kappa shape index (κ1) is 19.0. The minimum atomic E-state index is -0.999. The summed E-state index contributed by atoms with van der Waals surface area (Å²) < 4.78 is 6.25. The molecule has 0 spiro atoms. The van der Waals surface area contributed by atoms with Gasteiger partial charge in [-0.2, -0.15) is 5.26 Å². The quantitative estimate of drug-likeness (QED) is 0.416. The number of carbonyl (C=O) groups is 1. The van der Waals surface area contributed by atoms with Gasteiger partial charge in [-0.25, -0.2) is 4.79 Å². The molecule has 0 unspecified atom stereocenters. The zero-order valence-corrected chi connectivity index (χ0v) is 16.8. The third-order valence-electron chi connectivity index (χ3n) is 6.13. The fraction of sp³-hybridized carbons (Fsp3) is 0.154. The standard InChI is InChI=1S/C26H20N2O3/c27-16-17-7-12-21-22(15-17)31-24(23(21)18-5-2-1-3-6-18)19-8-10-20(11-9-19)26(13-4-14-26)28-25(29)30/h1-3,5-12,15,28H,4,13-14H2,(H,29,30). The molecular formula is C26H20N2O3. The van der Waals surface area contributed by atoms with Crippen molar-refractivity contribution in [1.29, 1.82) is 5.26 Å². The number of benzene rings is 3. The van der Waals surface area contributed by atoms with Crippen molar-refractivity contribution < 1.29 is 14.3 Å². The fourth-order valence-corrected chi connectivity index (χ4v) is 4.42. The van der Waals surface area contributed by atoms with E-state index in [0.29, 0.717) is 11.1 Å². The van der Waals surface area contributed by atoms with Crippen LogP contribution in [0.4, 0.5) is 4.79 Å². The Morgan fingerprint density at radius 1 is 1.00 bits per heavy atom. The molecular weight excluding hydrogens is 388 g/mol. The van der Waals surface area contributed by atoms with E-state index in [9.17, 15) is 15.2 Å². The minimum absolute atomic E-state index is 0.498. The highest BCUT2D eigenvalue weighted by Crippen LogP contribution is 2.44. The Kier molecular flexibility index (Phi) is 4.48. The molecule has 0 saturated heterocycles. The van der Waals surface area contributed by atoms with Gasteiger partial charge in [-0.1, -0.05) is 54.6 Å². The second kappa shape index (κ2) is 7.33. The fourth-order valence-electron chi connectivity index (χ4n) is 4.42.